The maximum atomic E-state index is 10.8. The summed E-state index contributed by atoms with van der Waals surface area (Å²) in [7, 11) is 0. The first-order chi connectivity index (χ1) is 6.97. The Morgan fingerprint density at radius 1 is 1.00 bits per heavy atom. The maximum Gasteiger partial charge on any atom is 0.302 e. The lowest BCUT2D eigenvalue weighted by atomic mass is 9.94. The Balaban J connectivity index is 2.47. The number of halogens is 1. The molecule has 1 unspecified atom stereocenters. The molecule has 0 bridgehead atoms. The van der Waals surface area contributed by atoms with Crippen molar-refractivity contribution < 1.29 is 19.1 Å². The van der Waals surface area contributed by atoms with Crippen LogP contribution >= 0.6 is 15.9 Å². The third-order valence-electron chi connectivity index (χ3n) is 2.23. The zero-order valence-corrected chi connectivity index (χ0v) is 10.5. The molecule has 0 saturated heterocycles. The van der Waals surface area contributed by atoms with Gasteiger partial charge in [0.15, 0.2) is 0 Å². The Labute approximate surface area is 97.4 Å². The molecule has 3 atom stereocenters. The molecule has 1 fully saturated rings. The van der Waals surface area contributed by atoms with Crippen molar-refractivity contribution in [2.24, 2.45) is 0 Å². The molecule has 1 saturated carbocycles. The molecule has 0 amide bonds. The number of rotatable bonds is 2. The first-order valence-electron chi connectivity index (χ1n) is 4.96. The van der Waals surface area contributed by atoms with Crippen LogP contribution in [0.15, 0.2) is 0 Å². The largest absolute Gasteiger partial charge is 0.462 e. The molecule has 0 aliphatic heterocycles. The van der Waals surface area contributed by atoms with Crippen molar-refractivity contribution >= 4 is 27.9 Å². The van der Waals surface area contributed by atoms with E-state index in [1.54, 1.807) is 0 Å². The van der Waals surface area contributed by atoms with Crippen LogP contribution < -0.4 is 0 Å². The Morgan fingerprint density at radius 2 is 1.40 bits per heavy atom. The Hall–Kier alpha value is -0.580. The van der Waals surface area contributed by atoms with Gasteiger partial charge in [0.1, 0.15) is 12.2 Å². The lowest BCUT2D eigenvalue weighted by molar-refractivity contribution is -0.155. The second-order valence-electron chi connectivity index (χ2n) is 3.77. The molecule has 0 aromatic heterocycles. The monoisotopic (exact) mass is 278 g/mol. The second-order valence-corrected chi connectivity index (χ2v) is 5.06. The first-order valence-corrected chi connectivity index (χ1v) is 5.87. The van der Waals surface area contributed by atoms with E-state index in [0.717, 1.165) is 12.8 Å². The van der Waals surface area contributed by atoms with E-state index in [-0.39, 0.29) is 29.0 Å². The van der Waals surface area contributed by atoms with Gasteiger partial charge in [-0.2, -0.15) is 0 Å². The molecule has 0 heterocycles. The Morgan fingerprint density at radius 3 is 1.73 bits per heavy atom. The highest BCUT2D eigenvalue weighted by Gasteiger charge is 2.31. The SMILES string of the molecule is CC(=O)O[C@@H]1CC(Br)C[C@H](OC(C)=O)C1. The van der Waals surface area contributed by atoms with Crippen molar-refractivity contribution in [2.45, 2.75) is 50.1 Å². The van der Waals surface area contributed by atoms with Crippen molar-refractivity contribution in [1.82, 2.24) is 0 Å². The fourth-order valence-corrected chi connectivity index (χ4v) is 2.65. The summed E-state index contributed by atoms with van der Waals surface area (Å²) >= 11 is 3.47. The van der Waals surface area contributed by atoms with Gasteiger partial charge in [-0.15, -0.1) is 0 Å². The molecule has 1 aliphatic carbocycles. The van der Waals surface area contributed by atoms with E-state index >= 15 is 0 Å². The van der Waals surface area contributed by atoms with Crippen LogP contribution in [0.2, 0.25) is 0 Å². The summed E-state index contributed by atoms with van der Waals surface area (Å²) in [5, 5.41) is 0. The van der Waals surface area contributed by atoms with Gasteiger partial charge in [0, 0.05) is 25.1 Å². The fraction of sp³-hybridized carbons (Fsp3) is 0.800. The molecule has 15 heavy (non-hydrogen) atoms. The van der Waals surface area contributed by atoms with Gasteiger partial charge in [0.05, 0.1) is 0 Å². The zero-order chi connectivity index (χ0) is 11.4. The van der Waals surface area contributed by atoms with Gasteiger partial charge in [-0.05, 0) is 12.8 Å². The molecule has 1 rings (SSSR count). The van der Waals surface area contributed by atoms with Gasteiger partial charge in [0.25, 0.3) is 0 Å². The summed E-state index contributed by atoms with van der Waals surface area (Å²) in [6, 6.07) is 0. The summed E-state index contributed by atoms with van der Waals surface area (Å²) in [4.78, 5) is 21.8. The summed E-state index contributed by atoms with van der Waals surface area (Å²) in [5.74, 6) is -0.577. The summed E-state index contributed by atoms with van der Waals surface area (Å²) in [6.45, 7) is 2.78. The highest BCUT2D eigenvalue weighted by Crippen LogP contribution is 2.28. The van der Waals surface area contributed by atoms with Gasteiger partial charge < -0.3 is 9.47 Å². The number of alkyl halides is 1. The van der Waals surface area contributed by atoms with E-state index in [2.05, 4.69) is 15.9 Å². The zero-order valence-electron chi connectivity index (χ0n) is 8.86. The lowest BCUT2D eigenvalue weighted by Gasteiger charge is -2.31. The van der Waals surface area contributed by atoms with E-state index in [9.17, 15) is 9.59 Å². The Bertz CT molecular complexity index is 230. The van der Waals surface area contributed by atoms with Crippen molar-refractivity contribution in [3.8, 4) is 0 Å². The van der Waals surface area contributed by atoms with Crippen LogP contribution in [-0.2, 0) is 19.1 Å². The van der Waals surface area contributed by atoms with E-state index in [1.807, 2.05) is 0 Å². The minimum Gasteiger partial charge on any atom is -0.462 e. The van der Waals surface area contributed by atoms with E-state index < -0.39 is 0 Å². The van der Waals surface area contributed by atoms with Crippen LogP contribution in [0.1, 0.15) is 33.1 Å². The summed E-state index contributed by atoms with van der Waals surface area (Å²) < 4.78 is 10.2. The number of hydrogen-bond donors (Lipinski definition) is 0. The van der Waals surface area contributed by atoms with Gasteiger partial charge >= 0.3 is 11.9 Å². The third-order valence-corrected chi connectivity index (χ3v) is 2.98. The number of esters is 2. The maximum absolute atomic E-state index is 10.8. The smallest absolute Gasteiger partial charge is 0.302 e. The predicted molar refractivity (Wildman–Crippen MR) is 57.7 cm³/mol. The fourth-order valence-electron chi connectivity index (χ4n) is 1.81. The topological polar surface area (TPSA) is 52.6 Å². The summed E-state index contributed by atoms with van der Waals surface area (Å²) in [6.07, 6.45) is 1.85. The molecule has 0 aromatic rings. The third kappa shape index (κ3) is 4.64. The van der Waals surface area contributed by atoms with Crippen molar-refractivity contribution in [2.75, 3.05) is 0 Å². The standard InChI is InChI=1S/C10H15BrO4/c1-6(12)14-9-3-8(11)4-10(5-9)15-7(2)13/h8-10H,3-5H2,1-2H3/t8?,9-,10+. The minimum atomic E-state index is -0.289. The van der Waals surface area contributed by atoms with Gasteiger partial charge in [-0.25, -0.2) is 0 Å². The van der Waals surface area contributed by atoms with Crippen molar-refractivity contribution in [3.63, 3.8) is 0 Å². The number of hydrogen-bond acceptors (Lipinski definition) is 4. The molecule has 0 radical (unpaired) electrons. The second kappa shape index (κ2) is 5.49. The summed E-state index contributed by atoms with van der Waals surface area (Å²) in [5.41, 5.74) is 0. The molecule has 4 nitrogen and oxygen atoms in total. The van der Waals surface area contributed by atoms with Crippen molar-refractivity contribution in [3.05, 3.63) is 0 Å². The quantitative estimate of drug-likeness (QED) is 0.571. The molecule has 0 spiro atoms. The average molecular weight is 279 g/mol. The van der Waals surface area contributed by atoms with Crippen LogP contribution in [0, 0.1) is 0 Å². The van der Waals surface area contributed by atoms with E-state index in [4.69, 9.17) is 9.47 Å². The van der Waals surface area contributed by atoms with Crippen LogP contribution in [0.4, 0.5) is 0 Å². The normalized spacial score (nSPS) is 30.7. The van der Waals surface area contributed by atoms with Crippen LogP contribution in [0.25, 0.3) is 0 Å². The molecule has 5 heteroatoms. The van der Waals surface area contributed by atoms with Gasteiger partial charge in [0.2, 0.25) is 0 Å². The molecular formula is C10H15BrO4. The first kappa shape index (κ1) is 12.5. The molecule has 1 aliphatic rings. The van der Waals surface area contributed by atoms with E-state index in [0.29, 0.717) is 6.42 Å². The number of carbonyl (C=O) groups excluding carboxylic acids is 2. The molecular weight excluding hydrogens is 264 g/mol. The number of carbonyl (C=O) groups is 2. The average Bonchev–Trinajstić information content (AvgIpc) is 1.98. The highest BCUT2D eigenvalue weighted by atomic mass is 79.9. The minimum absolute atomic E-state index is 0.148. The predicted octanol–water partition coefficient (Wildman–Crippen LogP) is 1.80. The van der Waals surface area contributed by atoms with Gasteiger partial charge in [-0.1, -0.05) is 15.9 Å². The van der Waals surface area contributed by atoms with Crippen molar-refractivity contribution in [1.29, 1.82) is 0 Å². The number of ether oxygens (including phenoxy) is 2. The van der Waals surface area contributed by atoms with Crippen LogP contribution in [-0.4, -0.2) is 29.0 Å². The molecule has 0 N–H and O–H groups in total. The van der Waals surface area contributed by atoms with Gasteiger partial charge in [-0.3, -0.25) is 9.59 Å². The molecule has 86 valence electrons. The highest BCUT2D eigenvalue weighted by molar-refractivity contribution is 9.09. The Kier molecular flexibility index (Phi) is 4.57. The lowest BCUT2D eigenvalue weighted by Crippen LogP contribution is -2.35. The molecule has 0 aromatic carbocycles. The van der Waals surface area contributed by atoms with Crippen LogP contribution in [0.5, 0.6) is 0 Å². The van der Waals surface area contributed by atoms with Crippen LogP contribution in [0.3, 0.4) is 0 Å². The van der Waals surface area contributed by atoms with E-state index in [1.165, 1.54) is 13.8 Å².